The Morgan fingerprint density at radius 3 is 2.05 bits per heavy atom. The number of carbonyl (C=O) groups excluding carboxylic acids is 1. The highest BCUT2D eigenvalue weighted by Crippen LogP contribution is 2.30. The van der Waals surface area contributed by atoms with Gasteiger partial charge in [-0.05, 0) is 23.6 Å². The summed E-state index contributed by atoms with van der Waals surface area (Å²) in [6, 6.07) is 1.34. The molecule has 2 unspecified atom stereocenters. The number of esters is 1. The summed E-state index contributed by atoms with van der Waals surface area (Å²) in [6.07, 6.45) is -1.47. The van der Waals surface area contributed by atoms with Gasteiger partial charge in [-0.15, -0.1) is 0 Å². The summed E-state index contributed by atoms with van der Waals surface area (Å²) in [7, 11) is 1.15. The summed E-state index contributed by atoms with van der Waals surface area (Å²) >= 11 is 0. The molecule has 0 aliphatic carbocycles. The molecular weight excluding hydrogens is 261 g/mol. The summed E-state index contributed by atoms with van der Waals surface area (Å²) in [5.74, 6) is -6.46. The van der Waals surface area contributed by atoms with Crippen LogP contribution in [0.25, 0.3) is 0 Å². The fourth-order valence-corrected chi connectivity index (χ4v) is 1.85. The van der Waals surface area contributed by atoms with Crippen molar-refractivity contribution >= 4 is 5.97 Å². The zero-order valence-electron chi connectivity index (χ0n) is 10.8. The summed E-state index contributed by atoms with van der Waals surface area (Å²) in [4.78, 5) is 11.6. The van der Waals surface area contributed by atoms with Crippen molar-refractivity contribution in [1.82, 2.24) is 0 Å². The number of hydrogen-bond donors (Lipinski definition) is 1. The van der Waals surface area contributed by atoms with E-state index in [1.165, 1.54) is 0 Å². The molecule has 1 rings (SSSR count). The van der Waals surface area contributed by atoms with Gasteiger partial charge in [-0.3, -0.25) is 4.79 Å². The van der Waals surface area contributed by atoms with Gasteiger partial charge in [0, 0.05) is 0 Å². The first-order valence-corrected chi connectivity index (χ1v) is 5.70. The Morgan fingerprint density at radius 2 is 1.68 bits per heavy atom. The molecule has 0 aliphatic heterocycles. The lowest BCUT2D eigenvalue weighted by atomic mass is 9.86. The van der Waals surface area contributed by atoms with Gasteiger partial charge < -0.3 is 9.84 Å². The number of benzene rings is 1. The van der Waals surface area contributed by atoms with Crippen molar-refractivity contribution in [2.24, 2.45) is 11.8 Å². The van der Waals surface area contributed by atoms with E-state index in [4.69, 9.17) is 0 Å². The normalized spacial score (nSPS) is 14.3. The summed E-state index contributed by atoms with van der Waals surface area (Å²) in [5, 5.41) is 10.0. The third-order valence-electron chi connectivity index (χ3n) is 2.88. The molecule has 0 amide bonds. The molecule has 1 aromatic carbocycles. The van der Waals surface area contributed by atoms with Crippen molar-refractivity contribution in [2.45, 2.75) is 20.0 Å². The average Bonchev–Trinajstić information content (AvgIpc) is 2.34. The van der Waals surface area contributed by atoms with Crippen LogP contribution in [0, 0.1) is 29.3 Å². The highest BCUT2D eigenvalue weighted by Gasteiger charge is 2.32. The van der Waals surface area contributed by atoms with Crippen LogP contribution in [0.15, 0.2) is 12.1 Å². The van der Waals surface area contributed by atoms with E-state index in [-0.39, 0.29) is 11.5 Å². The van der Waals surface area contributed by atoms with E-state index in [1.54, 1.807) is 13.8 Å². The van der Waals surface area contributed by atoms with Crippen LogP contribution in [0.1, 0.15) is 25.5 Å². The minimum atomic E-state index is -1.62. The van der Waals surface area contributed by atoms with Crippen LogP contribution < -0.4 is 0 Å². The van der Waals surface area contributed by atoms with Crippen LogP contribution >= 0.6 is 0 Å². The molecule has 19 heavy (non-hydrogen) atoms. The number of carbonyl (C=O) groups is 1. The third kappa shape index (κ3) is 3.26. The number of hydrogen-bond acceptors (Lipinski definition) is 3. The van der Waals surface area contributed by atoms with E-state index in [9.17, 15) is 23.1 Å². The molecule has 3 nitrogen and oxygen atoms in total. The molecule has 0 radical (unpaired) electrons. The molecule has 0 heterocycles. The van der Waals surface area contributed by atoms with Crippen LogP contribution in [0.2, 0.25) is 0 Å². The predicted octanol–water partition coefficient (Wildman–Crippen LogP) is 2.58. The molecular formula is C13H15F3O3. The van der Waals surface area contributed by atoms with E-state index < -0.39 is 35.4 Å². The van der Waals surface area contributed by atoms with Crippen molar-refractivity contribution in [3.63, 3.8) is 0 Å². The Morgan fingerprint density at radius 1 is 1.21 bits per heavy atom. The number of halogens is 3. The van der Waals surface area contributed by atoms with Crippen molar-refractivity contribution in [2.75, 3.05) is 7.11 Å². The Kier molecular flexibility index (Phi) is 4.94. The molecule has 2 atom stereocenters. The fourth-order valence-electron chi connectivity index (χ4n) is 1.85. The molecule has 106 valence electrons. The zero-order chi connectivity index (χ0) is 14.7. The number of aliphatic hydroxyl groups is 1. The second-order valence-electron chi connectivity index (χ2n) is 4.54. The predicted molar refractivity (Wildman–Crippen MR) is 61.6 cm³/mol. The maximum atomic E-state index is 13.1. The maximum Gasteiger partial charge on any atom is 0.311 e. The van der Waals surface area contributed by atoms with E-state index in [2.05, 4.69) is 4.74 Å². The van der Waals surface area contributed by atoms with Crippen molar-refractivity contribution in [3.8, 4) is 0 Å². The first kappa shape index (κ1) is 15.5. The minimum Gasteiger partial charge on any atom is -0.469 e. The van der Waals surface area contributed by atoms with Crippen LogP contribution in [0.3, 0.4) is 0 Å². The number of rotatable bonds is 4. The smallest absolute Gasteiger partial charge is 0.311 e. The second-order valence-corrected chi connectivity index (χ2v) is 4.54. The van der Waals surface area contributed by atoms with Crippen LogP contribution in [-0.2, 0) is 9.53 Å². The van der Waals surface area contributed by atoms with Gasteiger partial charge in [0.1, 0.15) is 0 Å². The lowest BCUT2D eigenvalue weighted by Gasteiger charge is -2.24. The molecule has 0 spiro atoms. The molecule has 0 saturated heterocycles. The molecule has 6 heteroatoms. The van der Waals surface area contributed by atoms with Crippen LogP contribution in [-0.4, -0.2) is 18.2 Å². The summed E-state index contributed by atoms with van der Waals surface area (Å²) in [6.45, 7) is 3.31. The lowest BCUT2D eigenvalue weighted by Crippen LogP contribution is -2.28. The SMILES string of the molecule is COC(=O)C(C(C)C)C(O)c1cc(F)c(F)c(F)c1. The maximum absolute atomic E-state index is 13.1. The molecule has 0 aliphatic rings. The number of methoxy groups -OCH3 is 1. The minimum absolute atomic E-state index is 0.208. The van der Waals surface area contributed by atoms with Gasteiger partial charge >= 0.3 is 5.97 Å². The molecule has 0 aromatic heterocycles. The van der Waals surface area contributed by atoms with Crippen LogP contribution in [0.5, 0.6) is 0 Å². The van der Waals surface area contributed by atoms with Crippen molar-refractivity contribution in [1.29, 1.82) is 0 Å². The largest absolute Gasteiger partial charge is 0.469 e. The van der Waals surface area contributed by atoms with E-state index >= 15 is 0 Å². The van der Waals surface area contributed by atoms with Gasteiger partial charge in [-0.2, -0.15) is 0 Å². The van der Waals surface area contributed by atoms with Gasteiger partial charge in [0.15, 0.2) is 17.5 Å². The Labute approximate surface area is 109 Å². The Balaban J connectivity index is 3.17. The quantitative estimate of drug-likeness (QED) is 0.679. The molecule has 0 bridgehead atoms. The van der Waals surface area contributed by atoms with Gasteiger partial charge in [0.05, 0.1) is 19.1 Å². The van der Waals surface area contributed by atoms with Crippen molar-refractivity contribution in [3.05, 3.63) is 35.1 Å². The molecule has 1 aromatic rings. The number of ether oxygens (including phenoxy) is 1. The fraction of sp³-hybridized carbons (Fsp3) is 0.462. The summed E-state index contributed by atoms with van der Waals surface area (Å²) < 4.78 is 43.6. The van der Waals surface area contributed by atoms with Crippen LogP contribution in [0.4, 0.5) is 13.2 Å². The Bertz CT molecular complexity index is 451. The van der Waals surface area contributed by atoms with Gasteiger partial charge in [-0.25, -0.2) is 13.2 Å². The first-order valence-electron chi connectivity index (χ1n) is 5.70. The van der Waals surface area contributed by atoms with Gasteiger partial charge in [0.2, 0.25) is 0 Å². The van der Waals surface area contributed by atoms with E-state index in [0.717, 1.165) is 7.11 Å². The highest BCUT2D eigenvalue weighted by molar-refractivity contribution is 5.73. The monoisotopic (exact) mass is 276 g/mol. The first-order chi connectivity index (χ1) is 8.79. The molecule has 1 N–H and O–H groups in total. The zero-order valence-corrected chi connectivity index (χ0v) is 10.8. The second kappa shape index (κ2) is 6.06. The third-order valence-corrected chi connectivity index (χ3v) is 2.88. The Hall–Kier alpha value is -1.56. The van der Waals surface area contributed by atoms with Gasteiger partial charge in [0.25, 0.3) is 0 Å². The topological polar surface area (TPSA) is 46.5 Å². The molecule has 0 fully saturated rings. The van der Waals surface area contributed by atoms with Gasteiger partial charge in [-0.1, -0.05) is 13.8 Å². The molecule has 0 saturated carbocycles. The van der Waals surface area contributed by atoms with E-state index in [0.29, 0.717) is 12.1 Å². The average molecular weight is 276 g/mol. The highest BCUT2D eigenvalue weighted by atomic mass is 19.2. The number of aliphatic hydroxyl groups excluding tert-OH is 1. The van der Waals surface area contributed by atoms with E-state index in [1.807, 2.05) is 0 Å². The lowest BCUT2D eigenvalue weighted by molar-refractivity contribution is -0.152. The summed E-state index contributed by atoms with van der Waals surface area (Å²) in [5.41, 5.74) is -0.208. The standard InChI is InChI=1S/C13H15F3O3/c1-6(2)10(13(18)19-3)12(17)7-4-8(14)11(16)9(15)5-7/h4-6,10,12,17H,1-3H3. The van der Waals surface area contributed by atoms with Crippen molar-refractivity contribution < 1.29 is 27.8 Å².